The highest BCUT2D eigenvalue weighted by Crippen LogP contribution is 2.26. The third-order valence-corrected chi connectivity index (χ3v) is 2.03. The molecule has 14 heavy (non-hydrogen) atoms. The monoisotopic (exact) mass is 192 g/mol. The Hall–Kier alpha value is -1.55. The molecule has 0 aliphatic heterocycles. The van der Waals surface area contributed by atoms with Crippen LogP contribution in [0.15, 0.2) is 21.1 Å². The molecular formula is C10H12N2O2. The van der Waals surface area contributed by atoms with Crippen LogP contribution in [0.25, 0.3) is 11.3 Å². The first kappa shape index (κ1) is 9.02. The first-order valence-electron chi connectivity index (χ1n) is 4.43. The van der Waals surface area contributed by atoms with Gasteiger partial charge in [0, 0.05) is 0 Å². The van der Waals surface area contributed by atoms with Crippen LogP contribution in [-0.4, -0.2) is 4.98 Å². The molecule has 4 nitrogen and oxygen atoms in total. The fraction of sp³-hybridized carbons (Fsp3) is 0.300. The van der Waals surface area contributed by atoms with Gasteiger partial charge < -0.3 is 14.6 Å². The molecule has 74 valence electrons. The molecular weight excluding hydrogens is 180 g/mol. The molecule has 2 heterocycles. The maximum absolute atomic E-state index is 5.42. The maximum atomic E-state index is 5.42. The van der Waals surface area contributed by atoms with Gasteiger partial charge in [-0.15, -0.1) is 0 Å². The molecule has 4 heteroatoms. The van der Waals surface area contributed by atoms with Gasteiger partial charge in [0.1, 0.15) is 11.5 Å². The SMILES string of the molecule is Cc1cc(-c2cnc(CN)o2)c(C)o1. The van der Waals surface area contributed by atoms with E-state index in [9.17, 15) is 0 Å². The van der Waals surface area contributed by atoms with Crippen molar-refractivity contribution in [2.45, 2.75) is 20.4 Å². The number of rotatable bonds is 2. The van der Waals surface area contributed by atoms with Crippen LogP contribution in [0.5, 0.6) is 0 Å². The summed E-state index contributed by atoms with van der Waals surface area (Å²) in [5, 5.41) is 0. The average Bonchev–Trinajstić information content (AvgIpc) is 2.71. The van der Waals surface area contributed by atoms with Crippen molar-refractivity contribution in [3.05, 3.63) is 29.7 Å². The minimum absolute atomic E-state index is 0.315. The van der Waals surface area contributed by atoms with Gasteiger partial charge in [-0.2, -0.15) is 0 Å². The van der Waals surface area contributed by atoms with E-state index in [1.54, 1.807) is 6.20 Å². The molecule has 0 fully saturated rings. The van der Waals surface area contributed by atoms with Crippen LogP contribution in [0.1, 0.15) is 17.4 Å². The first-order valence-corrected chi connectivity index (χ1v) is 4.43. The van der Waals surface area contributed by atoms with Crippen LogP contribution in [0.3, 0.4) is 0 Å². The minimum atomic E-state index is 0.315. The standard InChI is InChI=1S/C10H12N2O2/c1-6-3-8(7(2)13-6)9-5-12-10(4-11)14-9/h3,5H,4,11H2,1-2H3. The number of nitrogens with two attached hydrogens (primary N) is 1. The topological polar surface area (TPSA) is 65.2 Å². The molecule has 0 atom stereocenters. The molecule has 0 spiro atoms. The normalized spacial score (nSPS) is 10.8. The zero-order valence-corrected chi connectivity index (χ0v) is 8.20. The lowest BCUT2D eigenvalue weighted by atomic mass is 10.2. The van der Waals surface area contributed by atoms with E-state index in [1.165, 1.54) is 0 Å². The van der Waals surface area contributed by atoms with Gasteiger partial charge in [-0.3, -0.25) is 0 Å². The molecule has 0 aliphatic rings. The van der Waals surface area contributed by atoms with Gasteiger partial charge in [-0.25, -0.2) is 4.98 Å². The second-order valence-electron chi connectivity index (χ2n) is 3.15. The Morgan fingerprint density at radius 2 is 2.14 bits per heavy atom. The molecule has 2 aromatic heterocycles. The number of oxazole rings is 1. The van der Waals surface area contributed by atoms with Crippen LogP contribution in [0.4, 0.5) is 0 Å². The largest absolute Gasteiger partial charge is 0.466 e. The number of nitrogens with zero attached hydrogens (tertiary/aromatic N) is 1. The molecule has 0 amide bonds. The molecule has 0 saturated carbocycles. The quantitative estimate of drug-likeness (QED) is 0.790. The van der Waals surface area contributed by atoms with Crippen LogP contribution >= 0.6 is 0 Å². The van der Waals surface area contributed by atoms with Crippen molar-refractivity contribution < 1.29 is 8.83 Å². The van der Waals surface area contributed by atoms with E-state index in [1.807, 2.05) is 19.9 Å². The lowest BCUT2D eigenvalue weighted by Gasteiger charge is -1.90. The van der Waals surface area contributed by atoms with Crippen molar-refractivity contribution in [2.24, 2.45) is 5.73 Å². The van der Waals surface area contributed by atoms with E-state index in [0.717, 1.165) is 17.1 Å². The summed E-state index contributed by atoms with van der Waals surface area (Å²) in [6.07, 6.45) is 1.67. The Bertz CT molecular complexity index is 443. The summed E-state index contributed by atoms with van der Waals surface area (Å²) < 4.78 is 10.8. The summed E-state index contributed by atoms with van der Waals surface area (Å²) in [6, 6.07) is 1.93. The van der Waals surface area contributed by atoms with Crippen molar-refractivity contribution in [1.82, 2.24) is 4.98 Å². The zero-order valence-electron chi connectivity index (χ0n) is 8.20. The lowest BCUT2D eigenvalue weighted by Crippen LogP contribution is -1.94. The third kappa shape index (κ3) is 1.44. The van der Waals surface area contributed by atoms with Gasteiger partial charge in [0.2, 0.25) is 5.89 Å². The summed E-state index contributed by atoms with van der Waals surface area (Å²) in [5.41, 5.74) is 6.34. The maximum Gasteiger partial charge on any atom is 0.208 e. The van der Waals surface area contributed by atoms with E-state index in [-0.39, 0.29) is 0 Å². The average molecular weight is 192 g/mol. The zero-order chi connectivity index (χ0) is 10.1. The smallest absolute Gasteiger partial charge is 0.208 e. The fourth-order valence-electron chi connectivity index (χ4n) is 1.40. The second kappa shape index (κ2) is 3.31. The van der Waals surface area contributed by atoms with Crippen LogP contribution in [0, 0.1) is 13.8 Å². The summed E-state index contributed by atoms with van der Waals surface area (Å²) in [6.45, 7) is 4.11. The molecule has 0 radical (unpaired) electrons. The van der Waals surface area contributed by atoms with Crippen molar-refractivity contribution in [3.63, 3.8) is 0 Å². The number of hydrogen-bond acceptors (Lipinski definition) is 4. The van der Waals surface area contributed by atoms with E-state index in [2.05, 4.69) is 4.98 Å². The Labute approximate surface area is 81.7 Å². The molecule has 2 rings (SSSR count). The van der Waals surface area contributed by atoms with Gasteiger partial charge >= 0.3 is 0 Å². The number of aryl methyl sites for hydroxylation is 2. The summed E-state index contributed by atoms with van der Waals surface area (Å²) in [5.74, 6) is 2.95. The molecule has 2 aromatic rings. The van der Waals surface area contributed by atoms with E-state index in [0.29, 0.717) is 18.2 Å². The predicted octanol–water partition coefficient (Wildman–Crippen LogP) is 2.01. The van der Waals surface area contributed by atoms with Crippen molar-refractivity contribution in [1.29, 1.82) is 0 Å². The van der Waals surface area contributed by atoms with Crippen LogP contribution < -0.4 is 5.73 Å². The fourth-order valence-corrected chi connectivity index (χ4v) is 1.40. The van der Waals surface area contributed by atoms with E-state index in [4.69, 9.17) is 14.6 Å². The predicted molar refractivity (Wildman–Crippen MR) is 51.6 cm³/mol. The molecule has 0 unspecified atom stereocenters. The Morgan fingerprint density at radius 3 is 2.64 bits per heavy atom. The Balaban J connectivity index is 2.43. The summed E-state index contributed by atoms with van der Waals surface area (Å²) in [7, 11) is 0. The highest BCUT2D eigenvalue weighted by molar-refractivity contribution is 5.59. The molecule has 0 saturated heterocycles. The van der Waals surface area contributed by atoms with Crippen LogP contribution in [-0.2, 0) is 6.54 Å². The van der Waals surface area contributed by atoms with Crippen molar-refractivity contribution in [2.75, 3.05) is 0 Å². The lowest BCUT2D eigenvalue weighted by molar-refractivity contribution is 0.495. The highest BCUT2D eigenvalue weighted by atomic mass is 16.4. The molecule has 0 aliphatic carbocycles. The second-order valence-corrected chi connectivity index (χ2v) is 3.15. The Kier molecular flexibility index (Phi) is 2.13. The van der Waals surface area contributed by atoms with E-state index >= 15 is 0 Å². The van der Waals surface area contributed by atoms with Gasteiger partial charge in [0.15, 0.2) is 5.76 Å². The summed E-state index contributed by atoms with van der Waals surface area (Å²) in [4.78, 5) is 4.03. The van der Waals surface area contributed by atoms with E-state index < -0.39 is 0 Å². The van der Waals surface area contributed by atoms with Gasteiger partial charge in [0.05, 0.1) is 18.3 Å². The number of hydrogen-bond donors (Lipinski definition) is 1. The van der Waals surface area contributed by atoms with Gasteiger partial charge in [-0.05, 0) is 19.9 Å². The van der Waals surface area contributed by atoms with Crippen molar-refractivity contribution >= 4 is 0 Å². The van der Waals surface area contributed by atoms with Gasteiger partial charge in [0.25, 0.3) is 0 Å². The van der Waals surface area contributed by atoms with Crippen molar-refractivity contribution in [3.8, 4) is 11.3 Å². The molecule has 0 bridgehead atoms. The van der Waals surface area contributed by atoms with Gasteiger partial charge in [-0.1, -0.05) is 0 Å². The molecule has 2 N–H and O–H groups in total. The highest BCUT2D eigenvalue weighted by Gasteiger charge is 2.11. The minimum Gasteiger partial charge on any atom is -0.466 e. The van der Waals surface area contributed by atoms with Crippen LogP contribution in [0.2, 0.25) is 0 Å². The third-order valence-electron chi connectivity index (χ3n) is 2.03. The number of aromatic nitrogens is 1. The Morgan fingerprint density at radius 1 is 1.36 bits per heavy atom. The molecule has 0 aromatic carbocycles. The number of furan rings is 1. The summed E-state index contributed by atoms with van der Waals surface area (Å²) >= 11 is 0. The first-order chi connectivity index (χ1) is 6.70.